The number of rotatable bonds is 7. The van der Waals surface area contributed by atoms with Crippen LogP contribution in [-0.4, -0.2) is 44.3 Å². The van der Waals surface area contributed by atoms with E-state index in [1.807, 2.05) is 28.8 Å². The molecule has 1 fully saturated rings. The van der Waals surface area contributed by atoms with Crippen molar-refractivity contribution >= 4 is 32.9 Å². The van der Waals surface area contributed by atoms with Crippen molar-refractivity contribution in [2.45, 2.75) is 67.8 Å². The van der Waals surface area contributed by atoms with Gasteiger partial charge in [-0.3, -0.25) is 4.40 Å². The third-order valence-electron chi connectivity index (χ3n) is 6.87. The van der Waals surface area contributed by atoms with Crippen LogP contribution in [0, 0.1) is 0 Å². The molecule has 0 bridgehead atoms. The summed E-state index contributed by atoms with van der Waals surface area (Å²) in [6.07, 6.45) is 1.14. The van der Waals surface area contributed by atoms with E-state index in [1.54, 1.807) is 6.07 Å². The average Bonchev–Trinajstić information content (AvgIpc) is 3.33. The Morgan fingerprint density at radius 3 is 2.59 bits per heavy atom. The molecule has 0 unspecified atom stereocenters. The number of anilines is 3. The monoisotopic (exact) mass is 559 g/mol. The van der Waals surface area contributed by atoms with E-state index < -0.39 is 32.6 Å². The lowest BCUT2D eigenvalue weighted by Crippen LogP contribution is -2.28. The lowest BCUT2D eigenvalue weighted by Gasteiger charge is -2.29. The van der Waals surface area contributed by atoms with Crippen LogP contribution in [0.15, 0.2) is 59.8 Å². The molecule has 5 rings (SSSR count). The number of halogens is 3. The van der Waals surface area contributed by atoms with Crippen LogP contribution < -0.4 is 10.6 Å². The molecule has 0 aliphatic heterocycles. The van der Waals surface area contributed by atoms with Gasteiger partial charge < -0.3 is 10.6 Å². The number of hydrogen-bond acceptors (Lipinski definition) is 8. The molecule has 1 aliphatic rings. The Balaban J connectivity index is 1.42. The molecule has 0 amide bonds. The highest BCUT2D eigenvalue weighted by Crippen LogP contribution is 2.38. The Hall–Kier alpha value is -3.74. The SMILES string of the molecule is CC(C)S(=O)(=O)c1ccccc1Nc1nc(N[C@@H]2CCC[C@H](c3nnc4ccccn34)C2)ncc1C(F)(F)F. The second kappa shape index (κ2) is 10.4. The molecule has 0 radical (unpaired) electrons. The van der Waals surface area contributed by atoms with Gasteiger partial charge in [0.15, 0.2) is 15.5 Å². The van der Waals surface area contributed by atoms with Crippen molar-refractivity contribution in [1.29, 1.82) is 0 Å². The van der Waals surface area contributed by atoms with Crippen LogP contribution in [0.2, 0.25) is 0 Å². The van der Waals surface area contributed by atoms with Gasteiger partial charge in [0, 0.05) is 24.4 Å². The zero-order valence-electron chi connectivity index (χ0n) is 21.4. The molecule has 3 aromatic heterocycles. The third-order valence-corrected chi connectivity index (χ3v) is 9.08. The second-order valence-electron chi connectivity index (χ2n) is 9.86. The zero-order valence-corrected chi connectivity index (χ0v) is 22.2. The highest BCUT2D eigenvalue weighted by Gasteiger charge is 2.36. The second-order valence-corrected chi connectivity index (χ2v) is 12.3. The Labute approximate surface area is 223 Å². The molecule has 4 aromatic rings. The molecule has 2 N–H and O–H groups in total. The van der Waals surface area contributed by atoms with Crippen LogP contribution in [0.1, 0.15) is 56.8 Å². The first-order valence-corrected chi connectivity index (χ1v) is 14.2. The molecule has 2 atom stereocenters. The van der Waals surface area contributed by atoms with Gasteiger partial charge in [0.1, 0.15) is 17.2 Å². The summed E-state index contributed by atoms with van der Waals surface area (Å²) < 4.78 is 69.2. The predicted octanol–water partition coefficient (Wildman–Crippen LogP) is 5.60. The van der Waals surface area contributed by atoms with Crippen LogP contribution in [0.3, 0.4) is 0 Å². The first-order chi connectivity index (χ1) is 18.5. The third kappa shape index (κ3) is 5.54. The average molecular weight is 560 g/mol. The fourth-order valence-electron chi connectivity index (χ4n) is 4.83. The molecule has 3 heterocycles. The minimum absolute atomic E-state index is 0.0118. The van der Waals surface area contributed by atoms with Gasteiger partial charge in [0.05, 0.1) is 15.8 Å². The Morgan fingerprint density at radius 1 is 1.05 bits per heavy atom. The number of pyridine rings is 1. The number of sulfone groups is 1. The van der Waals surface area contributed by atoms with Gasteiger partial charge in [-0.2, -0.15) is 18.2 Å². The molecule has 206 valence electrons. The van der Waals surface area contributed by atoms with Crippen molar-refractivity contribution in [1.82, 2.24) is 24.6 Å². The number of para-hydroxylation sites is 1. The van der Waals surface area contributed by atoms with Gasteiger partial charge in [0.2, 0.25) is 5.95 Å². The van der Waals surface area contributed by atoms with Crippen LogP contribution >= 0.6 is 0 Å². The molecule has 0 saturated heterocycles. The minimum Gasteiger partial charge on any atom is -0.351 e. The van der Waals surface area contributed by atoms with E-state index in [0.717, 1.165) is 30.7 Å². The summed E-state index contributed by atoms with van der Waals surface area (Å²) in [5.41, 5.74) is -0.330. The summed E-state index contributed by atoms with van der Waals surface area (Å²) in [4.78, 5) is 8.00. The summed E-state index contributed by atoms with van der Waals surface area (Å²) in [6, 6.07) is 11.4. The summed E-state index contributed by atoms with van der Waals surface area (Å²) in [5, 5.41) is 13.7. The van der Waals surface area contributed by atoms with Gasteiger partial charge in [-0.1, -0.05) is 24.6 Å². The lowest BCUT2D eigenvalue weighted by atomic mass is 9.85. The van der Waals surface area contributed by atoms with E-state index in [-0.39, 0.29) is 28.5 Å². The smallest absolute Gasteiger partial charge is 0.351 e. The van der Waals surface area contributed by atoms with Crippen molar-refractivity contribution in [3.05, 3.63) is 66.2 Å². The van der Waals surface area contributed by atoms with Crippen LogP contribution in [0.4, 0.5) is 30.6 Å². The normalized spacial score (nSPS) is 18.4. The number of alkyl halides is 3. The topological polar surface area (TPSA) is 114 Å². The highest BCUT2D eigenvalue weighted by atomic mass is 32.2. The zero-order chi connectivity index (χ0) is 27.8. The molecule has 1 aromatic carbocycles. The van der Waals surface area contributed by atoms with Crippen molar-refractivity contribution in [3.63, 3.8) is 0 Å². The number of fused-ring (bicyclic) bond motifs is 1. The largest absolute Gasteiger partial charge is 0.421 e. The summed E-state index contributed by atoms with van der Waals surface area (Å²) in [7, 11) is -3.77. The number of benzene rings is 1. The number of aromatic nitrogens is 5. The van der Waals surface area contributed by atoms with Crippen LogP contribution in [0.5, 0.6) is 0 Å². The van der Waals surface area contributed by atoms with Crippen molar-refractivity contribution < 1.29 is 21.6 Å². The highest BCUT2D eigenvalue weighted by molar-refractivity contribution is 7.92. The molecule has 1 saturated carbocycles. The molecule has 1 aliphatic carbocycles. The number of nitrogens with one attached hydrogen (secondary N) is 2. The molecular weight excluding hydrogens is 531 g/mol. The fourth-order valence-corrected chi connectivity index (χ4v) is 6.03. The van der Waals surface area contributed by atoms with Gasteiger partial charge in [-0.25, -0.2) is 13.4 Å². The summed E-state index contributed by atoms with van der Waals surface area (Å²) >= 11 is 0. The van der Waals surface area contributed by atoms with E-state index in [1.165, 1.54) is 32.0 Å². The summed E-state index contributed by atoms with van der Waals surface area (Å²) in [5.74, 6) is 0.443. The Bertz CT molecular complexity index is 1590. The molecule has 0 spiro atoms. The van der Waals surface area contributed by atoms with E-state index in [4.69, 9.17) is 0 Å². The van der Waals surface area contributed by atoms with Crippen molar-refractivity contribution in [2.75, 3.05) is 10.6 Å². The maximum Gasteiger partial charge on any atom is 0.421 e. The molecule has 13 heteroatoms. The number of nitrogens with zero attached hydrogens (tertiary/aromatic N) is 5. The molecule has 39 heavy (non-hydrogen) atoms. The maximum atomic E-state index is 13.9. The van der Waals surface area contributed by atoms with Crippen LogP contribution in [-0.2, 0) is 16.0 Å². The van der Waals surface area contributed by atoms with Crippen molar-refractivity contribution in [2.24, 2.45) is 0 Å². The standard InChI is InChI=1S/C26H28F3N7O2S/c1-16(2)39(37,38)21-11-4-3-10-20(21)32-23-19(26(27,28)29)15-30-25(33-23)31-18-9-7-8-17(14-18)24-35-34-22-12-5-6-13-36(22)24/h3-6,10-13,15-18H,7-9,14H2,1-2H3,(H2,30,31,32,33)/t17-,18+/m0/s1. The van der Waals surface area contributed by atoms with Gasteiger partial charge in [-0.05, 0) is 57.4 Å². The Kier molecular flexibility index (Phi) is 7.19. The van der Waals surface area contributed by atoms with E-state index in [0.29, 0.717) is 12.6 Å². The minimum atomic E-state index is -4.75. The summed E-state index contributed by atoms with van der Waals surface area (Å²) in [6.45, 7) is 3.03. The molecular formula is C26H28F3N7O2S. The van der Waals surface area contributed by atoms with Crippen LogP contribution in [0.25, 0.3) is 5.65 Å². The predicted molar refractivity (Wildman–Crippen MR) is 141 cm³/mol. The quantitative estimate of drug-likeness (QED) is 0.301. The van der Waals surface area contributed by atoms with Crippen molar-refractivity contribution in [3.8, 4) is 0 Å². The lowest BCUT2D eigenvalue weighted by molar-refractivity contribution is -0.137. The van der Waals surface area contributed by atoms with Gasteiger partial charge in [-0.15, -0.1) is 10.2 Å². The molecule has 9 nitrogen and oxygen atoms in total. The fraction of sp³-hybridized carbons (Fsp3) is 0.385. The van der Waals surface area contributed by atoms with E-state index in [2.05, 4.69) is 30.8 Å². The number of hydrogen-bond donors (Lipinski definition) is 2. The maximum absolute atomic E-state index is 13.9. The van der Waals surface area contributed by atoms with Gasteiger partial charge >= 0.3 is 6.18 Å². The van der Waals surface area contributed by atoms with Gasteiger partial charge in [0.25, 0.3) is 0 Å². The first-order valence-electron chi connectivity index (χ1n) is 12.6. The Morgan fingerprint density at radius 2 is 1.82 bits per heavy atom. The van der Waals surface area contributed by atoms with E-state index in [9.17, 15) is 21.6 Å². The van der Waals surface area contributed by atoms with E-state index >= 15 is 0 Å². The first kappa shape index (κ1) is 26.9.